The highest BCUT2D eigenvalue weighted by Gasteiger charge is 2.21. The van der Waals surface area contributed by atoms with Crippen molar-refractivity contribution in [3.05, 3.63) is 34.6 Å². The molecule has 2 rings (SSSR count). The molecule has 1 saturated heterocycles. The molecule has 1 aromatic rings. The van der Waals surface area contributed by atoms with Gasteiger partial charge in [-0.25, -0.2) is 4.39 Å². The number of hydrogen-bond donors (Lipinski definition) is 1. The first-order chi connectivity index (χ1) is 7.16. The highest BCUT2D eigenvalue weighted by molar-refractivity contribution is 6.31. The van der Waals surface area contributed by atoms with Crippen LogP contribution in [0.25, 0.3) is 0 Å². The molecule has 2 nitrogen and oxygen atoms in total. The third kappa shape index (κ3) is 3.08. The number of hydrogen-bond acceptors (Lipinski definition) is 2. The van der Waals surface area contributed by atoms with Gasteiger partial charge < -0.3 is 5.32 Å². The molecule has 0 bridgehead atoms. The lowest BCUT2D eigenvalue weighted by Crippen LogP contribution is -2.55. The van der Waals surface area contributed by atoms with E-state index in [1.807, 2.05) is 0 Å². The average Bonchev–Trinajstić information content (AvgIpc) is 2.07. The molecule has 0 unspecified atom stereocenters. The standard InChI is InChI=1S/C11H14ClFN2.ClH/c1-15(10-5-14-6-10)7-8-2-3-9(13)4-11(8)12;/h2-4,10,14H,5-7H2,1H3;1H. The Labute approximate surface area is 106 Å². The summed E-state index contributed by atoms with van der Waals surface area (Å²) in [6.45, 7) is 2.82. The van der Waals surface area contributed by atoms with Crippen molar-refractivity contribution in [2.75, 3.05) is 20.1 Å². The number of benzene rings is 1. The average molecular weight is 265 g/mol. The second-order valence-electron chi connectivity index (χ2n) is 3.96. The Bertz CT molecular complexity index is 356. The first kappa shape index (κ1) is 13.7. The van der Waals surface area contributed by atoms with Crippen LogP contribution >= 0.6 is 24.0 Å². The van der Waals surface area contributed by atoms with E-state index in [0.717, 1.165) is 25.2 Å². The first-order valence-corrected chi connectivity index (χ1v) is 5.39. The van der Waals surface area contributed by atoms with Gasteiger partial charge >= 0.3 is 0 Å². The minimum Gasteiger partial charge on any atom is -0.314 e. The van der Waals surface area contributed by atoms with E-state index in [9.17, 15) is 4.39 Å². The van der Waals surface area contributed by atoms with Crippen LogP contribution in [0.15, 0.2) is 18.2 Å². The zero-order chi connectivity index (χ0) is 10.8. The molecule has 1 aliphatic rings. The SMILES string of the molecule is CN(Cc1ccc(F)cc1Cl)C1CNC1.Cl. The molecular formula is C11H15Cl2FN2. The lowest BCUT2D eigenvalue weighted by atomic mass is 10.1. The molecule has 90 valence electrons. The van der Waals surface area contributed by atoms with Crippen molar-refractivity contribution < 1.29 is 4.39 Å². The van der Waals surface area contributed by atoms with Gasteiger partial charge in [-0.1, -0.05) is 17.7 Å². The molecule has 16 heavy (non-hydrogen) atoms. The maximum atomic E-state index is 12.8. The van der Waals surface area contributed by atoms with Crippen LogP contribution in [0.5, 0.6) is 0 Å². The molecule has 0 atom stereocenters. The Hall–Kier alpha value is -0.350. The van der Waals surface area contributed by atoms with E-state index in [1.54, 1.807) is 6.07 Å². The van der Waals surface area contributed by atoms with Gasteiger partial charge in [0, 0.05) is 30.7 Å². The highest BCUT2D eigenvalue weighted by Crippen LogP contribution is 2.19. The van der Waals surface area contributed by atoms with Crippen LogP contribution in [0.1, 0.15) is 5.56 Å². The van der Waals surface area contributed by atoms with Gasteiger partial charge in [0.15, 0.2) is 0 Å². The highest BCUT2D eigenvalue weighted by atomic mass is 35.5. The van der Waals surface area contributed by atoms with Gasteiger partial charge in [-0.15, -0.1) is 12.4 Å². The van der Waals surface area contributed by atoms with Crippen LogP contribution in [0.3, 0.4) is 0 Å². The minimum absolute atomic E-state index is 0. The quantitative estimate of drug-likeness (QED) is 0.902. The van der Waals surface area contributed by atoms with Crippen molar-refractivity contribution in [3.63, 3.8) is 0 Å². The molecular weight excluding hydrogens is 250 g/mol. The molecule has 0 spiro atoms. The van der Waals surface area contributed by atoms with Crippen molar-refractivity contribution in [1.82, 2.24) is 10.2 Å². The van der Waals surface area contributed by atoms with E-state index in [4.69, 9.17) is 11.6 Å². The fourth-order valence-corrected chi connectivity index (χ4v) is 1.86. The monoisotopic (exact) mass is 264 g/mol. The molecule has 1 fully saturated rings. The van der Waals surface area contributed by atoms with E-state index in [2.05, 4.69) is 17.3 Å². The van der Waals surface area contributed by atoms with Crippen LogP contribution in [-0.2, 0) is 6.54 Å². The Morgan fingerprint density at radius 2 is 2.19 bits per heavy atom. The molecule has 1 N–H and O–H groups in total. The summed E-state index contributed by atoms with van der Waals surface area (Å²) in [5.74, 6) is -0.281. The van der Waals surface area contributed by atoms with E-state index in [1.165, 1.54) is 12.1 Å². The summed E-state index contributed by atoms with van der Waals surface area (Å²) in [6, 6.07) is 5.14. The smallest absolute Gasteiger partial charge is 0.124 e. The molecule has 0 saturated carbocycles. The van der Waals surface area contributed by atoms with Crippen molar-refractivity contribution >= 4 is 24.0 Å². The largest absolute Gasteiger partial charge is 0.314 e. The van der Waals surface area contributed by atoms with Gasteiger partial charge in [-0.2, -0.15) is 0 Å². The van der Waals surface area contributed by atoms with Crippen LogP contribution in [-0.4, -0.2) is 31.1 Å². The predicted octanol–water partition coefficient (Wildman–Crippen LogP) is 2.30. The van der Waals surface area contributed by atoms with Crippen LogP contribution in [0.2, 0.25) is 5.02 Å². The maximum Gasteiger partial charge on any atom is 0.124 e. The second-order valence-corrected chi connectivity index (χ2v) is 4.37. The molecule has 1 aliphatic heterocycles. The number of nitrogens with one attached hydrogen (secondary N) is 1. The summed E-state index contributed by atoms with van der Waals surface area (Å²) in [6.07, 6.45) is 0. The zero-order valence-electron chi connectivity index (χ0n) is 9.04. The third-order valence-electron chi connectivity index (χ3n) is 2.82. The van der Waals surface area contributed by atoms with Gasteiger partial charge in [-0.05, 0) is 24.7 Å². The van der Waals surface area contributed by atoms with Crippen LogP contribution in [0, 0.1) is 5.82 Å². The Morgan fingerprint density at radius 3 is 2.69 bits per heavy atom. The number of rotatable bonds is 3. The molecule has 0 radical (unpaired) electrons. The molecule has 0 amide bonds. The summed E-state index contributed by atoms with van der Waals surface area (Å²) in [7, 11) is 2.06. The summed E-state index contributed by atoms with van der Waals surface area (Å²) in [4.78, 5) is 2.23. The van der Waals surface area contributed by atoms with E-state index < -0.39 is 0 Å². The number of halogens is 3. The summed E-state index contributed by atoms with van der Waals surface area (Å²) >= 11 is 5.96. The Kier molecular flexibility index (Phi) is 4.99. The molecule has 0 aromatic heterocycles. The fourth-order valence-electron chi connectivity index (χ4n) is 1.63. The normalized spacial score (nSPS) is 15.8. The Morgan fingerprint density at radius 1 is 1.50 bits per heavy atom. The molecule has 1 aromatic carbocycles. The van der Waals surface area contributed by atoms with Crippen molar-refractivity contribution in [1.29, 1.82) is 0 Å². The number of nitrogens with zero attached hydrogens (tertiary/aromatic N) is 1. The van der Waals surface area contributed by atoms with Gasteiger partial charge in [0.25, 0.3) is 0 Å². The van der Waals surface area contributed by atoms with Gasteiger partial charge in [0.05, 0.1) is 0 Å². The minimum atomic E-state index is -0.281. The van der Waals surface area contributed by atoms with E-state index in [-0.39, 0.29) is 18.2 Å². The summed E-state index contributed by atoms with van der Waals surface area (Å²) < 4.78 is 12.8. The second kappa shape index (κ2) is 5.82. The lowest BCUT2D eigenvalue weighted by Gasteiger charge is -2.35. The van der Waals surface area contributed by atoms with E-state index in [0.29, 0.717) is 11.1 Å². The molecule has 1 heterocycles. The lowest BCUT2D eigenvalue weighted by molar-refractivity contribution is 0.173. The number of likely N-dealkylation sites (N-methyl/N-ethyl adjacent to an activating group) is 1. The van der Waals surface area contributed by atoms with Crippen molar-refractivity contribution in [2.45, 2.75) is 12.6 Å². The fraction of sp³-hybridized carbons (Fsp3) is 0.455. The van der Waals surface area contributed by atoms with Crippen molar-refractivity contribution in [3.8, 4) is 0 Å². The summed E-state index contributed by atoms with van der Waals surface area (Å²) in [5.41, 5.74) is 0.979. The Balaban J connectivity index is 0.00000128. The topological polar surface area (TPSA) is 15.3 Å². The van der Waals surface area contributed by atoms with Gasteiger partial charge in [0.2, 0.25) is 0 Å². The molecule has 5 heteroatoms. The molecule has 0 aliphatic carbocycles. The zero-order valence-corrected chi connectivity index (χ0v) is 10.6. The summed E-state index contributed by atoms with van der Waals surface area (Å²) in [5, 5.41) is 3.73. The van der Waals surface area contributed by atoms with Crippen LogP contribution in [0.4, 0.5) is 4.39 Å². The van der Waals surface area contributed by atoms with Gasteiger partial charge in [-0.3, -0.25) is 4.90 Å². The predicted molar refractivity (Wildman–Crippen MR) is 66.8 cm³/mol. The first-order valence-electron chi connectivity index (χ1n) is 5.01. The third-order valence-corrected chi connectivity index (χ3v) is 3.17. The van der Waals surface area contributed by atoms with Crippen LogP contribution < -0.4 is 5.32 Å². The maximum absolute atomic E-state index is 12.8. The van der Waals surface area contributed by atoms with Crippen molar-refractivity contribution in [2.24, 2.45) is 0 Å². The van der Waals surface area contributed by atoms with Gasteiger partial charge in [0.1, 0.15) is 5.82 Å². The van der Waals surface area contributed by atoms with E-state index >= 15 is 0 Å².